The fourth-order valence-corrected chi connectivity index (χ4v) is 2.04. The van der Waals surface area contributed by atoms with Gasteiger partial charge in [-0.25, -0.2) is 4.68 Å². The molecule has 0 unspecified atom stereocenters. The minimum atomic E-state index is -4.41. The molecule has 1 heterocycles. The number of nitriles is 1. The minimum Gasteiger partial charge on any atom is -0.378 e. The van der Waals surface area contributed by atoms with Gasteiger partial charge in [-0.1, -0.05) is 11.6 Å². The number of aromatic nitrogens is 2. The second-order valence-electron chi connectivity index (χ2n) is 4.11. The quantitative estimate of drug-likeness (QED) is 0.870. The van der Waals surface area contributed by atoms with E-state index in [-0.39, 0.29) is 17.3 Å². The molecule has 0 saturated carbocycles. The summed E-state index contributed by atoms with van der Waals surface area (Å²) >= 11 is 6.03. The van der Waals surface area contributed by atoms with Crippen LogP contribution in [0.5, 0.6) is 0 Å². The molecule has 110 valence electrons. The van der Waals surface area contributed by atoms with Crippen molar-refractivity contribution in [1.82, 2.24) is 9.78 Å². The monoisotopic (exact) mass is 315 g/mol. The first-order valence-electron chi connectivity index (χ1n) is 5.72. The Balaban J connectivity index is 2.45. The van der Waals surface area contributed by atoms with Gasteiger partial charge in [0.15, 0.2) is 5.15 Å². The van der Waals surface area contributed by atoms with E-state index >= 15 is 0 Å². The summed E-state index contributed by atoms with van der Waals surface area (Å²) in [5.41, 5.74) is 0.0160. The van der Waals surface area contributed by atoms with Crippen LogP contribution in [0.3, 0.4) is 0 Å². The topological polar surface area (TPSA) is 50.8 Å². The van der Waals surface area contributed by atoms with Crippen LogP contribution >= 0.6 is 11.6 Å². The Labute approximate surface area is 123 Å². The Morgan fingerprint density at radius 2 is 1.95 bits per heavy atom. The molecule has 0 saturated heterocycles. The lowest BCUT2D eigenvalue weighted by Crippen LogP contribution is -2.05. The fraction of sp³-hybridized carbons (Fsp3) is 0.231. The van der Waals surface area contributed by atoms with Gasteiger partial charge in [-0.15, -0.1) is 0 Å². The van der Waals surface area contributed by atoms with Crippen molar-refractivity contribution in [1.29, 1.82) is 5.26 Å². The van der Waals surface area contributed by atoms with Crippen molar-refractivity contribution in [3.8, 4) is 11.8 Å². The Morgan fingerprint density at radius 1 is 1.33 bits per heavy atom. The molecule has 0 atom stereocenters. The minimum absolute atomic E-state index is 0.0318. The van der Waals surface area contributed by atoms with Gasteiger partial charge >= 0.3 is 6.18 Å². The van der Waals surface area contributed by atoms with Crippen LogP contribution in [0.2, 0.25) is 5.15 Å². The number of hydrogen-bond donors (Lipinski definition) is 0. The molecular weight excluding hydrogens is 307 g/mol. The lowest BCUT2D eigenvalue weighted by Gasteiger charge is -2.08. The van der Waals surface area contributed by atoms with Crippen molar-refractivity contribution in [3.63, 3.8) is 0 Å². The summed E-state index contributed by atoms with van der Waals surface area (Å²) < 4.78 is 43.7. The third-order valence-corrected chi connectivity index (χ3v) is 3.08. The SMILES string of the molecule is COCc1nn(-c2ccc(C(F)(F)F)cc2)c(Cl)c1C#N. The highest BCUT2D eigenvalue weighted by atomic mass is 35.5. The van der Waals surface area contributed by atoms with Crippen LogP contribution < -0.4 is 0 Å². The maximum Gasteiger partial charge on any atom is 0.416 e. The highest BCUT2D eigenvalue weighted by Gasteiger charge is 2.30. The number of methoxy groups -OCH3 is 1. The van der Waals surface area contributed by atoms with E-state index in [0.717, 1.165) is 12.1 Å². The number of benzene rings is 1. The number of ether oxygens (including phenoxy) is 1. The largest absolute Gasteiger partial charge is 0.416 e. The smallest absolute Gasteiger partial charge is 0.378 e. The first-order chi connectivity index (χ1) is 9.88. The molecule has 8 heteroatoms. The molecule has 0 N–H and O–H groups in total. The van der Waals surface area contributed by atoms with E-state index in [0.29, 0.717) is 11.4 Å². The summed E-state index contributed by atoms with van der Waals surface area (Å²) in [6.45, 7) is 0.0796. The normalized spacial score (nSPS) is 11.4. The molecule has 2 rings (SSSR count). The summed E-state index contributed by atoms with van der Waals surface area (Å²) in [4.78, 5) is 0. The van der Waals surface area contributed by atoms with E-state index in [1.807, 2.05) is 6.07 Å². The van der Waals surface area contributed by atoms with E-state index in [1.54, 1.807) is 0 Å². The first kappa shape index (κ1) is 15.4. The lowest BCUT2D eigenvalue weighted by molar-refractivity contribution is -0.137. The van der Waals surface area contributed by atoms with E-state index in [4.69, 9.17) is 21.6 Å². The lowest BCUT2D eigenvalue weighted by atomic mass is 10.2. The maximum atomic E-state index is 12.5. The van der Waals surface area contributed by atoms with E-state index < -0.39 is 11.7 Å². The number of rotatable bonds is 3. The van der Waals surface area contributed by atoms with Gasteiger partial charge in [0.1, 0.15) is 17.3 Å². The van der Waals surface area contributed by atoms with Gasteiger partial charge in [-0.05, 0) is 24.3 Å². The van der Waals surface area contributed by atoms with Gasteiger partial charge in [-0.3, -0.25) is 0 Å². The number of hydrogen-bond acceptors (Lipinski definition) is 3. The van der Waals surface area contributed by atoms with Crippen LogP contribution in [0.25, 0.3) is 5.69 Å². The maximum absolute atomic E-state index is 12.5. The standard InChI is InChI=1S/C13H9ClF3N3O/c1-21-7-11-10(6-18)12(14)20(19-11)9-4-2-8(3-5-9)13(15,16)17/h2-5H,7H2,1H3. The van der Waals surface area contributed by atoms with Crippen molar-refractivity contribution in [2.75, 3.05) is 7.11 Å². The third-order valence-electron chi connectivity index (χ3n) is 2.73. The zero-order valence-corrected chi connectivity index (χ0v) is 11.5. The van der Waals surface area contributed by atoms with Gasteiger partial charge in [0, 0.05) is 7.11 Å². The van der Waals surface area contributed by atoms with Gasteiger partial charge in [0.25, 0.3) is 0 Å². The van der Waals surface area contributed by atoms with Gasteiger partial charge in [0.2, 0.25) is 0 Å². The van der Waals surface area contributed by atoms with Crippen molar-refractivity contribution in [2.24, 2.45) is 0 Å². The molecule has 0 aliphatic carbocycles. The van der Waals surface area contributed by atoms with Crippen molar-refractivity contribution in [2.45, 2.75) is 12.8 Å². The predicted octanol–water partition coefficient (Wildman–Crippen LogP) is 3.56. The van der Waals surface area contributed by atoms with E-state index in [1.165, 1.54) is 23.9 Å². The summed E-state index contributed by atoms with van der Waals surface area (Å²) in [5.74, 6) is 0. The molecule has 1 aromatic heterocycles. The van der Waals surface area contributed by atoms with Crippen molar-refractivity contribution < 1.29 is 17.9 Å². The molecule has 21 heavy (non-hydrogen) atoms. The highest BCUT2D eigenvalue weighted by molar-refractivity contribution is 6.31. The second kappa shape index (κ2) is 5.76. The summed E-state index contributed by atoms with van der Waals surface area (Å²) in [6, 6.07) is 6.22. The molecule has 0 bridgehead atoms. The zero-order chi connectivity index (χ0) is 15.6. The Morgan fingerprint density at radius 3 is 2.43 bits per heavy atom. The summed E-state index contributed by atoms with van der Waals surface area (Å²) in [7, 11) is 1.44. The van der Waals surface area contributed by atoms with Crippen LogP contribution in [0.4, 0.5) is 13.2 Å². The fourth-order valence-electron chi connectivity index (χ4n) is 1.75. The van der Waals surface area contributed by atoms with E-state index in [9.17, 15) is 13.2 Å². The predicted molar refractivity (Wildman–Crippen MR) is 69.0 cm³/mol. The molecule has 0 spiro atoms. The molecule has 1 aromatic carbocycles. The number of nitrogens with zero attached hydrogens (tertiary/aromatic N) is 3. The van der Waals surface area contributed by atoms with Crippen molar-refractivity contribution >= 4 is 11.6 Å². The molecule has 0 radical (unpaired) electrons. The molecule has 0 amide bonds. The third kappa shape index (κ3) is 3.01. The Bertz CT molecular complexity index is 686. The van der Waals surface area contributed by atoms with Crippen LogP contribution in [0.15, 0.2) is 24.3 Å². The zero-order valence-electron chi connectivity index (χ0n) is 10.8. The van der Waals surface area contributed by atoms with Gasteiger partial charge < -0.3 is 4.74 Å². The van der Waals surface area contributed by atoms with E-state index in [2.05, 4.69) is 5.10 Å². The van der Waals surface area contributed by atoms with Gasteiger partial charge in [-0.2, -0.15) is 23.5 Å². The Hall–Kier alpha value is -2.04. The van der Waals surface area contributed by atoms with Crippen LogP contribution in [-0.4, -0.2) is 16.9 Å². The molecule has 2 aromatic rings. The van der Waals surface area contributed by atoms with Crippen LogP contribution in [0.1, 0.15) is 16.8 Å². The Kier molecular flexibility index (Phi) is 4.21. The summed E-state index contributed by atoms with van der Waals surface area (Å²) in [5, 5.41) is 13.2. The average Bonchev–Trinajstić information content (AvgIpc) is 2.74. The summed E-state index contributed by atoms with van der Waals surface area (Å²) in [6.07, 6.45) is -4.41. The second-order valence-corrected chi connectivity index (χ2v) is 4.47. The molecule has 0 aliphatic heterocycles. The molecular formula is C13H9ClF3N3O. The highest BCUT2D eigenvalue weighted by Crippen LogP contribution is 2.30. The molecule has 0 fully saturated rings. The first-order valence-corrected chi connectivity index (χ1v) is 6.10. The van der Waals surface area contributed by atoms with Gasteiger partial charge in [0.05, 0.1) is 17.9 Å². The number of halogens is 4. The van der Waals surface area contributed by atoms with Crippen LogP contribution in [0, 0.1) is 11.3 Å². The van der Waals surface area contributed by atoms with Crippen LogP contribution in [-0.2, 0) is 17.5 Å². The van der Waals surface area contributed by atoms with Crippen molar-refractivity contribution in [3.05, 3.63) is 46.2 Å². The molecule has 0 aliphatic rings. The molecule has 4 nitrogen and oxygen atoms in total. The average molecular weight is 316 g/mol. The number of alkyl halides is 3.